The summed E-state index contributed by atoms with van der Waals surface area (Å²) in [6.45, 7) is 7.72. The Hall–Kier alpha value is -3.00. The Balaban J connectivity index is 1.74. The zero-order valence-corrected chi connectivity index (χ0v) is 21.5. The molecular formula is C26H32N4O3S. The summed E-state index contributed by atoms with van der Waals surface area (Å²) in [6, 6.07) is 12.4. The van der Waals surface area contributed by atoms with Gasteiger partial charge >= 0.3 is 5.24 Å². The number of hydrazone groups is 1. The Morgan fingerprint density at radius 1 is 1.15 bits per heavy atom. The van der Waals surface area contributed by atoms with Gasteiger partial charge in [-0.15, -0.1) is 0 Å². The van der Waals surface area contributed by atoms with Crippen molar-refractivity contribution in [2.45, 2.75) is 38.4 Å². The standard InChI is InChI=1S/C26H32N4O3S/c1-7-27-24(19-11-13-21(32-5)22(16-19)33-6)30-14-8-9-17-15-18(10-12-20(17)30)23-26(2,3)34-25(31)29(4)28-23/h10-13,15-16H,7-9,14H2,1-6H3/b27-24-. The van der Waals surface area contributed by atoms with E-state index in [1.54, 1.807) is 21.3 Å². The van der Waals surface area contributed by atoms with Crippen LogP contribution >= 0.6 is 11.8 Å². The number of fused-ring (bicyclic) bond motifs is 1. The SMILES string of the molecule is CC/N=C(/c1ccc(OC)c(OC)c1)N1CCCc2cc(C3=NN(C)C(=O)SC3(C)C)ccc21. The second-order valence-electron chi connectivity index (χ2n) is 8.82. The molecule has 0 unspecified atom stereocenters. The smallest absolute Gasteiger partial charge is 0.302 e. The summed E-state index contributed by atoms with van der Waals surface area (Å²) in [5.74, 6) is 2.31. The first kappa shape index (κ1) is 24.1. The molecule has 7 nitrogen and oxygen atoms in total. The number of methoxy groups -OCH3 is 2. The fraction of sp³-hybridized carbons (Fsp3) is 0.423. The van der Waals surface area contributed by atoms with Crippen LogP contribution in [-0.2, 0) is 6.42 Å². The lowest BCUT2D eigenvalue weighted by Crippen LogP contribution is -2.40. The molecule has 2 aliphatic rings. The van der Waals surface area contributed by atoms with Crippen molar-refractivity contribution in [3.63, 3.8) is 0 Å². The molecule has 0 saturated carbocycles. The molecule has 2 aliphatic heterocycles. The lowest BCUT2D eigenvalue weighted by molar-refractivity contribution is 0.234. The molecule has 2 aromatic rings. The number of nitrogens with zero attached hydrogens (tertiary/aromatic N) is 4. The summed E-state index contributed by atoms with van der Waals surface area (Å²) in [5, 5.41) is 6.01. The monoisotopic (exact) mass is 480 g/mol. The van der Waals surface area contributed by atoms with Gasteiger partial charge in [0.1, 0.15) is 5.84 Å². The van der Waals surface area contributed by atoms with Crippen molar-refractivity contribution < 1.29 is 14.3 Å². The number of amidine groups is 1. The van der Waals surface area contributed by atoms with Crippen LogP contribution < -0.4 is 14.4 Å². The average Bonchev–Trinajstić information content (AvgIpc) is 2.83. The van der Waals surface area contributed by atoms with Crippen molar-refractivity contribution in [3.8, 4) is 11.5 Å². The van der Waals surface area contributed by atoms with E-state index in [4.69, 9.17) is 14.5 Å². The highest BCUT2D eigenvalue weighted by atomic mass is 32.2. The van der Waals surface area contributed by atoms with E-state index in [0.29, 0.717) is 18.0 Å². The molecule has 0 atom stereocenters. The number of aliphatic imine (C=N–C) groups is 1. The average molecular weight is 481 g/mol. The molecule has 0 aromatic heterocycles. The third-order valence-electron chi connectivity index (χ3n) is 6.10. The van der Waals surface area contributed by atoms with E-state index in [9.17, 15) is 4.79 Å². The number of rotatable bonds is 5. The number of thioether (sulfide) groups is 1. The first-order valence-corrected chi connectivity index (χ1v) is 12.3. The van der Waals surface area contributed by atoms with Crippen LogP contribution in [0.15, 0.2) is 46.5 Å². The van der Waals surface area contributed by atoms with Gasteiger partial charge in [-0.05, 0) is 75.1 Å². The minimum atomic E-state index is -0.388. The molecule has 34 heavy (non-hydrogen) atoms. The van der Waals surface area contributed by atoms with Crippen LogP contribution in [0.2, 0.25) is 0 Å². The van der Waals surface area contributed by atoms with Crippen molar-refractivity contribution in [2.75, 3.05) is 39.3 Å². The van der Waals surface area contributed by atoms with E-state index in [0.717, 1.165) is 47.7 Å². The third-order valence-corrected chi connectivity index (χ3v) is 7.25. The van der Waals surface area contributed by atoms with Gasteiger partial charge in [-0.2, -0.15) is 5.10 Å². The van der Waals surface area contributed by atoms with Gasteiger partial charge in [0.05, 0.1) is 24.7 Å². The van der Waals surface area contributed by atoms with Gasteiger partial charge in [-0.3, -0.25) is 9.79 Å². The van der Waals surface area contributed by atoms with E-state index in [1.807, 2.05) is 25.1 Å². The van der Waals surface area contributed by atoms with E-state index in [-0.39, 0.29) is 9.99 Å². The van der Waals surface area contributed by atoms with E-state index in [1.165, 1.54) is 22.3 Å². The zero-order valence-electron chi connectivity index (χ0n) is 20.7. The van der Waals surface area contributed by atoms with Gasteiger partial charge in [-0.1, -0.05) is 17.8 Å². The molecule has 0 bridgehead atoms. The molecule has 0 fully saturated rings. The van der Waals surface area contributed by atoms with Crippen LogP contribution in [0, 0.1) is 0 Å². The number of carbonyl (C=O) groups is 1. The Bertz CT molecular complexity index is 1160. The molecule has 4 rings (SSSR count). The van der Waals surface area contributed by atoms with E-state index < -0.39 is 0 Å². The first-order chi connectivity index (χ1) is 16.3. The van der Waals surface area contributed by atoms with E-state index >= 15 is 0 Å². The number of benzene rings is 2. The minimum absolute atomic E-state index is 0.0341. The summed E-state index contributed by atoms with van der Waals surface area (Å²) in [4.78, 5) is 19.3. The lowest BCUT2D eigenvalue weighted by Gasteiger charge is -2.35. The highest BCUT2D eigenvalue weighted by Crippen LogP contribution is 2.38. The maximum Gasteiger partial charge on any atom is 0.302 e. The second kappa shape index (κ2) is 9.70. The number of hydrogen-bond donors (Lipinski definition) is 0. The van der Waals surface area contributed by atoms with Gasteiger partial charge in [0, 0.05) is 31.4 Å². The van der Waals surface area contributed by atoms with Gasteiger partial charge in [0.2, 0.25) is 0 Å². The molecule has 2 aromatic carbocycles. The molecule has 0 radical (unpaired) electrons. The first-order valence-electron chi connectivity index (χ1n) is 11.5. The molecule has 180 valence electrons. The Kier molecular flexibility index (Phi) is 6.89. The van der Waals surface area contributed by atoms with Crippen molar-refractivity contribution in [1.82, 2.24) is 5.01 Å². The van der Waals surface area contributed by atoms with Crippen molar-refractivity contribution >= 4 is 34.2 Å². The summed E-state index contributed by atoms with van der Waals surface area (Å²) in [7, 11) is 5.00. The van der Waals surface area contributed by atoms with Gasteiger partial charge in [0.15, 0.2) is 11.5 Å². The van der Waals surface area contributed by atoms with Crippen molar-refractivity contribution in [2.24, 2.45) is 10.1 Å². The number of carbonyl (C=O) groups excluding carboxylic acids is 1. The molecule has 0 aliphatic carbocycles. The minimum Gasteiger partial charge on any atom is -0.493 e. The van der Waals surface area contributed by atoms with Crippen LogP contribution in [0.5, 0.6) is 11.5 Å². The van der Waals surface area contributed by atoms with Crippen molar-refractivity contribution in [3.05, 3.63) is 53.1 Å². The fourth-order valence-corrected chi connectivity index (χ4v) is 5.34. The number of anilines is 1. The van der Waals surface area contributed by atoms with E-state index in [2.05, 4.69) is 42.0 Å². The summed E-state index contributed by atoms with van der Waals surface area (Å²) in [5.41, 5.74) is 5.38. The Labute approximate surface area is 205 Å². The molecule has 2 heterocycles. The van der Waals surface area contributed by atoms with Crippen LogP contribution in [0.3, 0.4) is 0 Å². The second-order valence-corrected chi connectivity index (χ2v) is 10.4. The lowest BCUT2D eigenvalue weighted by atomic mass is 9.93. The summed E-state index contributed by atoms with van der Waals surface area (Å²) in [6.07, 6.45) is 2.01. The Morgan fingerprint density at radius 3 is 2.62 bits per heavy atom. The fourth-order valence-electron chi connectivity index (χ4n) is 4.47. The zero-order chi connectivity index (χ0) is 24.5. The number of aryl methyl sites for hydroxylation is 1. The molecule has 0 saturated heterocycles. The number of amides is 1. The number of hydrogen-bond acceptors (Lipinski definition) is 6. The normalized spacial score (nSPS) is 17.9. The molecular weight excluding hydrogens is 448 g/mol. The van der Waals surface area contributed by atoms with Crippen LogP contribution in [0.1, 0.15) is 43.9 Å². The molecule has 0 spiro atoms. The Morgan fingerprint density at radius 2 is 1.91 bits per heavy atom. The number of ether oxygens (including phenoxy) is 2. The summed E-state index contributed by atoms with van der Waals surface area (Å²) < 4.78 is 10.6. The quantitative estimate of drug-likeness (QED) is 0.434. The highest BCUT2D eigenvalue weighted by molar-refractivity contribution is 8.15. The topological polar surface area (TPSA) is 66.7 Å². The van der Waals surface area contributed by atoms with Gasteiger partial charge < -0.3 is 14.4 Å². The highest BCUT2D eigenvalue weighted by Gasteiger charge is 2.37. The van der Waals surface area contributed by atoms with Crippen LogP contribution in [0.4, 0.5) is 10.5 Å². The predicted octanol–water partition coefficient (Wildman–Crippen LogP) is 5.20. The van der Waals surface area contributed by atoms with Gasteiger partial charge in [0.25, 0.3) is 0 Å². The van der Waals surface area contributed by atoms with Crippen molar-refractivity contribution in [1.29, 1.82) is 0 Å². The predicted molar refractivity (Wildman–Crippen MR) is 140 cm³/mol. The molecule has 0 N–H and O–H groups in total. The molecule has 1 amide bonds. The van der Waals surface area contributed by atoms with Gasteiger partial charge in [-0.25, -0.2) is 5.01 Å². The molecule has 8 heteroatoms. The maximum atomic E-state index is 12.2. The largest absolute Gasteiger partial charge is 0.493 e. The van der Waals surface area contributed by atoms with Crippen LogP contribution in [-0.4, -0.2) is 60.9 Å². The summed E-state index contributed by atoms with van der Waals surface area (Å²) >= 11 is 1.31. The van der Waals surface area contributed by atoms with Crippen LogP contribution in [0.25, 0.3) is 0 Å². The third kappa shape index (κ3) is 4.51. The maximum absolute atomic E-state index is 12.2.